The third-order valence-corrected chi connectivity index (χ3v) is 4.23. The molecule has 4 bridgehead atoms. The standard InChI is InChI=1S/C10H16.CH4/c1-10-4-7-2-8(5-10)9(3-7)6-10;/h7-9H,2-6H2,1H3;1H4. The van der Waals surface area contributed by atoms with Crippen LogP contribution in [-0.4, -0.2) is 0 Å². The quantitative estimate of drug-likeness (QED) is 0.498. The Morgan fingerprint density at radius 3 is 1.91 bits per heavy atom. The highest BCUT2D eigenvalue weighted by atomic mass is 14.6. The number of hydrogen-bond donors (Lipinski definition) is 0. The van der Waals surface area contributed by atoms with Crippen molar-refractivity contribution in [3.05, 3.63) is 0 Å². The Bertz CT molecular complexity index is 151. The van der Waals surface area contributed by atoms with E-state index in [0.717, 1.165) is 11.3 Å². The molecule has 0 aromatic rings. The van der Waals surface area contributed by atoms with Crippen molar-refractivity contribution in [2.75, 3.05) is 0 Å². The van der Waals surface area contributed by atoms with Crippen LogP contribution in [0.2, 0.25) is 0 Å². The molecule has 0 amide bonds. The summed E-state index contributed by atoms with van der Waals surface area (Å²) >= 11 is 0. The molecule has 0 saturated heterocycles. The lowest BCUT2D eigenvalue weighted by molar-refractivity contribution is 0.167. The molecular weight excluding hydrogens is 132 g/mol. The molecule has 0 N–H and O–H groups in total. The highest BCUT2D eigenvalue weighted by Crippen LogP contribution is 2.63. The van der Waals surface area contributed by atoms with Crippen LogP contribution < -0.4 is 0 Å². The molecule has 4 rings (SSSR count). The first-order chi connectivity index (χ1) is 4.75. The first-order valence-corrected chi connectivity index (χ1v) is 4.75. The van der Waals surface area contributed by atoms with Crippen molar-refractivity contribution in [2.45, 2.75) is 46.5 Å². The third-order valence-electron chi connectivity index (χ3n) is 4.23. The highest BCUT2D eigenvalue weighted by molar-refractivity contribution is 5.03. The van der Waals surface area contributed by atoms with E-state index in [1.54, 1.807) is 32.1 Å². The van der Waals surface area contributed by atoms with E-state index >= 15 is 0 Å². The van der Waals surface area contributed by atoms with Crippen LogP contribution in [0.5, 0.6) is 0 Å². The lowest BCUT2D eigenvalue weighted by Crippen LogP contribution is -2.23. The fraction of sp³-hybridized carbons (Fsp3) is 1.00. The maximum Gasteiger partial charge on any atom is -0.0318 e. The molecule has 0 aliphatic heterocycles. The monoisotopic (exact) mass is 152 g/mol. The molecular formula is C11H20. The van der Waals surface area contributed by atoms with Crippen LogP contribution in [0.3, 0.4) is 0 Å². The molecule has 0 spiro atoms. The Morgan fingerprint density at radius 2 is 1.55 bits per heavy atom. The van der Waals surface area contributed by atoms with Crippen molar-refractivity contribution in [3.63, 3.8) is 0 Å². The topological polar surface area (TPSA) is 0 Å². The molecule has 4 saturated carbocycles. The highest BCUT2D eigenvalue weighted by Gasteiger charge is 2.53. The summed E-state index contributed by atoms with van der Waals surface area (Å²) < 4.78 is 0. The summed E-state index contributed by atoms with van der Waals surface area (Å²) in [7, 11) is 0. The molecule has 0 heterocycles. The van der Waals surface area contributed by atoms with Gasteiger partial charge in [0.15, 0.2) is 0 Å². The van der Waals surface area contributed by atoms with Gasteiger partial charge in [-0.3, -0.25) is 0 Å². The van der Waals surface area contributed by atoms with Gasteiger partial charge in [-0.05, 0) is 55.3 Å². The molecule has 0 radical (unpaired) electrons. The van der Waals surface area contributed by atoms with Crippen LogP contribution >= 0.6 is 0 Å². The van der Waals surface area contributed by atoms with Gasteiger partial charge in [0, 0.05) is 0 Å². The molecule has 0 heteroatoms. The minimum atomic E-state index is 0. The summed E-state index contributed by atoms with van der Waals surface area (Å²) in [5.41, 5.74) is 0.816. The van der Waals surface area contributed by atoms with Crippen molar-refractivity contribution in [2.24, 2.45) is 23.2 Å². The number of hydrogen-bond acceptors (Lipinski definition) is 0. The van der Waals surface area contributed by atoms with Crippen molar-refractivity contribution < 1.29 is 0 Å². The van der Waals surface area contributed by atoms with Crippen LogP contribution in [0.1, 0.15) is 46.5 Å². The third kappa shape index (κ3) is 0.878. The second kappa shape index (κ2) is 2.02. The van der Waals surface area contributed by atoms with Gasteiger partial charge in [0.05, 0.1) is 0 Å². The Kier molecular flexibility index (Phi) is 1.41. The van der Waals surface area contributed by atoms with E-state index in [1.807, 2.05) is 0 Å². The predicted octanol–water partition coefficient (Wildman–Crippen LogP) is 3.47. The van der Waals surface area contributed by atoms with Crippen molar-refractivity contribution in [3.8, 4) is 0 Å². The lowest BCUT2D eigenvalue weighted by atomic mass is 9.71. The summed E-state index contributed by atoms with van der Waals surface area (Å²) in [5, 5.41) is 0. The summed E-state index contributed by atoms with van der Waals surface area (Å²) in [6, 6.07) is 0. The summed E-state index contributed by atoms with van der Waals surface area (Å²) in [6.07, 6.45) is 7.92. The predicted molar refractivity (Wildman–Crippen MR) is 48.4 cm³/mol. The fourth-order valence-corrected chi connectivity index (χ4v) is 4.22. The summed E-state index contributed by atoms with van der Waals surface area (Å²) in [4.78, 5) is 0. The molecule has 0 nitrogen and oxygen atoms in total. The number of rotatable bonds is 0. The molecule has 2 atom stereocenters. The normalized spacial score (nSPS) is 58.1. The zero-order valence-corrected chi connectivity index (χ0v) is 6.77. The Labute approximate surface area is 70.4 Å². The summed E-state index contributed by atoms with van der Waals surface area (Å²) in [6.45, 7) is 2.52. The van der Waals surface area contributed by atoms with E-state index in [4.69, 9.17) is 0 Å². The molecule has 0 aromatic carbocycles. The molecule has 11 heavy (non-hydrogen) atoms. The van der Waals surface area contributed by atoms with Crippen LogP contribution in [0.15, 0.2) is 0 Å². The van der Waals surface area contributed by atoms with Gasteiger partial charge in [0.2, 0.25) is 0 Å². The van der Waals surface area contributed by atoms with Gasteiger partial charge < -0.3 is 0 Å². The minimum absolute atomic E-state index is 0. The van der Waals surface area contributed by atoms with Gasteiger partial charge >= 0.3 is 0 Å². The van der Waals surface area contributed by atoms with Crippen LogP contribution in [-0.2, 0) is 0 Å². The molecule has 2 unspecified atom stereocenters. The minimum Gasteiger partial charge on any atom is -0.0776 e. The molecule has 64 valence electrons. The summed E-state index contributed by atoms with van der Waals surface area (Å²) in [5.74, 6) is 3.50. The van der Waals surface area contributed by atoms with Crippen LogP contribution in [0.4, 0.5) is 0 Å². The van der Waals surface area contributed by atoms with Crippen LogP contribution in [0.25, 0.3) is 0 Å². The average molecular weight is 152 g/mol. The fourth-order valence-electron chi connectivity index (χ4n) is 4.22. The Balaban J connectivity index is 0.000000480. The average Bonchev–Trinajstić information content (AvgIpc) is 2.16. The SMILES string of the molecule is C.CC12CC3CC(C1)C(C3)C2. The first-order valence-electron chi connectivity index (χ1n) is 4.75. The zero-order valence-electron chi connectivity index (χ0n) is 6.77. The van der Waals surface area contributed by atoms with E-state index < -0.39 is 0 Å². The van der Waals surface area contributed by atoms with E-state index in [0.29, 0.717) is 0 Å². The van der Waals surface area contributed by atoms with E-state index in [9.17, 15) is 0 Å². The van der Waals surface area contributed by atoms with Crippen molar-refractivity contribution >= 4 is 0 Å². The van der Waals surface area contributed by atoms with Gasteiger partial charge in [0.25, 0.3) is 0 Å². The Morgan fingerprint density at radius 1 is 1.00 bits per heavy atom. The smallest absolute Gasteiger partial charge is 0.0318 e. The maximum atomic E-state index is 2.52. The lowest BCUT2D eigenvalue weighted by Gasteiger charge is -2.34. The van der Waals surface area contributed by atoms with Crippen molar-refractivity contribution in [1.29, 1.82) is 0 Å². The van der Waals surface area contributed by atoms with Gasteiger partial charge in [-0.1, -0.05) is 14.4 Å². The van der Waals surface area contributed by atoms with Gasteiger partial charge in [-0.15, -0.1) is 0 Å². The van der Waals surface area contributed by atoms with Gasteiger partial charge in [-0.2, -0.15) is 0 Å². The zero-order chi connectivity index (χ0) is 6.77. The Hall–Kier alpha value is 0. The first kappa shape index (κ1) is 7.64. The molecule has 4 aliphatic carbocycles. The van der Waals surface area contributed by atoms with E-state index in [-0.39, 0.29) is 7.43 Å². The molecule has 4 fully saturated rings. The van der Waals surface area contributed by atoms with Gasteiger partial charge in [0.1, 0.15) is 0 Å². The second-order valence-corrected chi connectivity index (χ2v) is 5.28. The van der Waals surface area contributed by atoms with Gasteiger partial charge in [-0.25, -0.2) is 0 Å². The maximum absolute atomic E-state index is 2.52. The van der Waals surface area contributed by atoms with E-state index in [2.05, 4.69) is 6.92 Å². The second-order valence-electron chi connectivity index (χ2n) is 5.28. The largest absolute Gasteiger partial charge is 0.0776 e. The van der Waals surface area contributed by atoms with Crippen LogP contribution in [0, 0.1) is 23.2 Å². The van der Waals surface area contributed by atoms with Crippen molar-refractivity contribution in [1.82, 2.24) is 0 Å². The molecule has 4 aliphatic rings. The molecule has 0 aromatic heterocycles. The van der Waals surface area contributed by atoms with E-state index in [1.165, 1.54) is 11.8 Å².